The molecule has 1 saturated heterocycles. The van der Waals surface area contributed by atoms with Gasteiger partial charge in [-0.3, -0.25) is 19.3 Å². The zero-order chi connectivity index (χ0) is 20.1. The molecule has 1 aliphatic heterocycles. The Morgan fingerprint density at radius 3 is 2.32 bits per heavy atom. The van der Waals surface area contributed by atoms with Gasteiger partial charge < -0.3 is 9.32 Å². The predicted molar refractivity (Wildman–Crippen MR) is 98.5 cm³/mol. The van der Waals surface area contributed by atoms with E-state index in [1.807, 2.05) is 30.3 Å². The maximum Gasteiger partial charge on any atom is 0.334 e. The van der Waals surface area contributed by atoms with Crippen LogP contribution in [0.5, 0.6) is 0 Å². The summed E-state index contributed by atoms with van der Waals surface area (Å²) in [6.07, 6.45) is 2.04. The Hall–Kier alpha value is -3.42. The second kappa shape index (κ2) is 8.51. The number of imide groups is 2. The van der Waals surface area contributed by atoms with Crippen LogP contribution in [0.1, 0.15) is 24.7 Å². The van der Waals surface area contributed by atoms with E-state index in [0.29, 0.717) is 17.1 Å². The zero-order valence-electron chi connectivity index (χ0n) is 15.5. The van der Waals surface area contributed by atoms with E-state index < -0.39 is 30.3 Å². The average Bonchev–Trinajstić information content (AvgIpc) is 3.27. The minimum Gasteiger partial charge on any atom is -0.467 e. The van der Waals surface area contributed by atoms with Gasteiger partial charge in [-0.2, -0.15) is 0 Å². The van der Waals surface area contributed by atoms with E-state index in [1.165, 1.54) is 11.2 Å². The van der Waals surface area contributed by atoms with Gasteiger partial charge in [-0.1, -0.05) is 37.3 Å². The third kappa shape index (κ3) is 4.11. The Kier molecular flexibility index (Phi) is 5.88. The maximum absolute atomic E-state index is 12.9. The number of hydrogen-bond acceptors (Lipinski definition) is 5. The molecule has 0 bridgehead atoms. The van der Waals surface area contributed by atoms with Gasteiger partial charge in [0.15, 0.2) is 0 Å². The van der Waals surface area contributed by atoms with Crippen molar-refractivity contribution in [2.75, 3.05) is 13.1 Å². The van der Waals surface area contributed by atoms with Crippen molar-refractivity contribution in [2.45, 2.75) is 26.4 Å². The molecule has 8 nitrogen and oxygen atoms in total. The van der Waals surface area contributed by atoms with E-state index in [1.54, 1.807) is 19.1 Å². The summed E-state index contributed by atoms with van der Waals surface area (Å²) in [5.74, 6) is -1.73. The van der Waals surface area contributed by atoms with Crippen LogP contribution in [0, 0.1) is 0 Å². The van der Waals surface area contributed by atoms with Crippen LogP contribution in [-0.4, -0.2) is 51.5 Å². The molecule has 8 heteroatoms. The number of furan rings is 1. The lowest BCUT2D eigenvalue weighted by atomic mass is 10.2. The van der Waals surface area contributed by atoms with Gasteiger partial charge in [0.2, 0.25) is 5.91 Å². The van der Waals surface area contributed by atoms with Gasteiger partial charge in [-0.15, -0.1) is 0 Å². The fraction of sp³-hybridized carbons (Fsp3) is 0.300. The van der Waals surface area contributed by atoms with Gasteiger partial charge in [0, 0.05) is 13.1 Å². The summed E-state index contributed by atoms with van der Waals surface area (Å²) in [5.41, 5.74) is 0.894. The summed E-state index contributed by atoms with van der Waals surface area (Å²) in [6, 6.07) is 12.1. The van der Waals surface area contributed by atoms with Gasteiger partial charge in [-0.25, -0.2) is 9.69 Å². The van der Waals surface area contributed by atoms with Gasteiger partial charge in [-0.05, 0) is 24.1 Å². The van der Waals surface area contributed by atoms with Crippen molar-refractivity contribution in [3.63, 3.8) is 0 Å². The molecule has 1 aromatic carbocycles. The molecule has 5 amide bonds. The standard InChI is InChI=1S/C20H21N3O5/c1-2-10-22-18(25)19(26)23(20(22)27)14-17(24)21(13-16-9-6-11-28-16)12-15-7-4-3-5-8-15/h3-9,11H,2,10,12-14H2,1H3. The fourth-order valence-electron chi connectivity index (χ4n) is 2.97. The lowest BCUT2D eigenvalue weighted by Gasteiger charge is -2.24. The molecular formula is C20H21N3O5. The molecule has 0 radical (unpaired) electrons. The molecule has 0 aliphatic carbocycles. The van der Waals surface area contributed by atoms with Crippen molar-refractivity contribution in [3.8, 4) is 0 Å². The van der Waals surface area contributed by atoms with Crippen molar-refractivity contribution >= 4 is 23.8 Å². The lowest BCUT2D eigenvalue weighted by Crippen LogP contribution is -2.43. The number of carbonyl (C=O) groups excluding carboxylic acids is 4. The Labute approximate surface area is 162 Å². The Morgan fingerprint density at radius 1 is 0.964 bits per heavy atom. The molecule has 0 N–H and O–H groups in total. The van der Waals surface area contributed by atoms with Crippen LogP contribution < -0.4 is 0 Å². The molecule has 1 fully saturated rings. The Morgan fingerprint density at radius 2 is 1.68 bits per heavy atom. The Bertz CT molecular complexity index is 863. The SMILES string of the molecule is CCCN1C(=O)C(=O)N(CC(=O)N(Cc2ccccc2)Cc2ccco2)C1=O. The number of urea groups is 1. The highest BCUT2D eigenvalue weighted by Crippen LogP contribution is 2.15. The molecule has 2 heterocycles. The molecular weight excluding hydrogens is 362 g/mol. The summed E-state index contributed by atoms with van der Waals surface area (Å²) >= 11 is 0. The first-order chi connectivity index (χ1) is 13.5. The maximum atomic E-state index is 12.9. The summed E-state index contributed by atoms with van der Waals surface area (Å²) in [6.45, 7) is 1.92. The average molecular weight is 383 g/mol. The molecule has 2 aromatic rings. The van der Waals surface area contributed by atoms with Crippen molar-refractivity contribution in [1.29, 1.82) is 0 Å². The van der Waals surface area contributed by atoms with Gasteiger partial charge in [0.1, 0.15) is 12.3 Å². The first-order valence-corrected chi connectivity index (χ1v) is 9.02. The second-order valence-corrected chi connectivity index (χ2v) is 6.45. The van der Waals surface area contributed by atoms with E-state index >= 15 is 0 Å². The summed E-state index contributed by atoms with van der Waals surface area (Å²) < 4.78 is 5.33. The number of rotatable bonds is 8. The van der Waals surface area contributed by atoms with E-state index in [4.69, 9.17) is 4.42 Å². The van der Waals surface area contributed by atoms with Crippen LogP contribution in [0.15, 0.2) is 53.1 Å². The fourth-order valence-corrected chi connectivity index (χ4v) is 2.97. The van der Waals surface area contributed by atoms with Crippen LogP contribution in [0.3, 0.4) is 0 Å². The highest BCUT2D eigenvalue weighted by Gasteiger charge is 2.45. The predicted octanol–water partition coefficient (Wildman–Crippen LogP) is 2.01. The minimum absolute atomic E-state index is 0.147. The van der Waals surface area contributed by atoms with Crippen molar-refractivity contribution < 1.29 is 23.6 Å². The summed E-state index contributed by atoms with van der Waals surface area (Å²) in [4.78, 5) is 52.5. The molecule has 0 spiro atoms. The van der Waals surface area contributed by atoms with Crippen LogP contribution >= 0.6 is 0 Å². The number of benzene rings is 1. The molecule has 3 rings (SSSR count). The largest absolute Gasteiger partial charge is 0.467 e. The highest BCUT2D eigenvalue weighted by atomic mass is 16.3. The summed E-state index contributed by atoms with van der Waals surface area (Å²) in [5, 5.41) is 0. The number of hydrogen-bond donors (Lipinski definition) is 0. The quantitative estimate of drug-likeness (QED) is 0.514. The van der Waals surface area contributed by atoms with E-state index in [-0.39, 0.29) is 19.6 Å². The van der Waals surface area contributed by atoms with Crippen LogP contribution in [0.25, 0.3) is 0 Å². The van der Waals surface area contributed by atoms with Crippen molar-refractivity contribution in [1.82, 2.24) is 14.7 Å². The van der Waals surface area contributed by atoms with Crippen molar-refractivity contribution in [3.05, 3.63) is 60.1 Å². The topological polar surface area (TPSA) is 91.1 Å². The van der Waals surface area contributed by atoms with Crippen LogP contribution in [-0.2, 0) is 27.5 Å². The molecule has 146 valence electrons. The first-order valence-electron chi connectivity index (χ1n) is 9.02. The number of nitrogens with zero attached hydrogens (tertiary/aromatic N) is 3. The van der Waals surface area contributed by atoms with E-state index in [9.17, 15) is 19.2 Å². The smallest absolute Gasteiger partial charge is 0.334 e. The molecule has 1 aromatic heterocycles. The molecule has 1 aliphatic rings. The third-order valence-electron chi connectivity index (χ3n) is 4.37. The molecule has 0 atom stereocenters. The van der Waals surface area contributed by atoms with Crippen LogP contribution in [0.4, 0.5) is 4.79 Å². The van der Waals surface area contributed by atoms with Gasteiger partial charge in [0.05, 0.1) is 12.8 Å². The Balaban J connectivity index is 1.76. The normalized spacial score (nSPS) is 14.1. The van der Waals surface area contributed by atoms with Gasteiger partial charge >= 0.3 is 17.8 Å². The minimum atomic E-state index is -0.968. The highest BCUT2D eigenvalue weighted by molar-refractivity contribution is 6.45. The molecule has 28 heavy (non-hydrogen) atoms. The molecule has 0 unspecified atom stereocenters. The second-order valence-electron chi connectivity index (χ2n) is 6.45. The lowest BCUT2D eigenvalue weighted by molar-refractivity contribution is -0.145. The zero-order valence-corrected chi connectivity index (χ0v) is 15.5. The number of amides is 5. The first kappa shape index (κ1) is 19.3. The number of carbonyl (C=O) groups is 4. The van der Waals surface area contributed by atoms with Crippen molar-refractivity contribution in [2.24, 2.45) is 0 Å². The third-order valence-corrected chi connectivity index (χ3v) is 4.37. The monoisotopic (exact) mass is 383 g/mol. The van der Waals surface area contributed by atoms with Gasteiger partial charge in [0.25, 0.3) is 0 Å². The van der Waals surface area contributed by atoms with Crippen LogP contribution in [0.2, 0.25) is 0 Å². The molecule has 0 saturated carbocycles. The summed E-state index contributed by atoms with van der Waals surface area (Å²) in [7, 11) is 0. The van der Waals surface area contributed by atoms with E-state index in [0.717, 1.165) is 10.5 Å². The van der Waals surface area contributed by atoms with E-state index in [2.05, 4.69) is 0 Å².